The number of thioether (sulfide) groups is 2. The second-order valence-corrected chi connectivity index (χ2v) is 21.0. The molecule has 2 aromatic rings. The van der Waals surface area contributed by atoms with Crippen LogP contribution in [-0.4, -0.2) is 60.4 Å². The number of methoxy groups -OCH3 is 1. The number of ether oxygens (including phenoxy) is 4. The minimum Gasteiger partial charge on any atom is -0.497 e. The lowest BCUT2D eigenvalue weighted by molar-refractivity contribution is -0.131. The normalized spacial score (nSPS) is 36.6. The quantitative estimate of drug-likeness (QED) is 0.155. The third-order valence-electron chi connectivity index (χ3n) is 15.2. The number of carbonyl (C=O) groups excluding carboxylic acids is 2. The average Bonchev–Trinajstić information content (AvgIpc) is 4.03. The van der Waals surface area contributed by atoms with Crippen molar-refractivity contribution < 1.29 is 28.5 Å². The number of hydrogen-bond donors (Lipinski definition) is 0. The number of fused-ring (bicyclic) bond motifs is 10. The van der Waals surface area contributed by atoms with E-state index in [1.807, 2.05) is 36.4 Å². The second kappa shape index (κ2) is 20.0. The lowest BCUT2D eigenvalue weighted by Gasteiger charge is -2.35. The van der Waals surface area contributed by atoms with Crippen LogP contribution in [0.25, 0.3) is 0 Å². The van der Waals surface area contributed by atoms with Crippen LogP contribution in [0, 0.1) is 59.2 Å². The number of benzene rings is 2. The van der Waals surface area contributed by atoms with Crippen LogP contribution >= 0.6 is 23.5 Å². The molecule has 2 aromatic carbocycles. The van der Waals surface area contributed by atoms with Gasteiger partial charge in [0.25, 0.3) is 0 Å². The highest BCUT2D eigenvalue weighted by Crippen LogP contribution is 2.62. The van der Waals surface area contributed by atoms with Crippen molar-refractivity contribution in [3.8, 4) is 11.5 Å². The van der Waals surface area contributed by atoms with Crippen LogP contribution in [0.5, 0.6) is 11.5 Å². The van der Waals surface area contributed by atoms with Crippen LogP contribution in [-0.2, 0) is 25.5 Å². The Kier molecular flexibility index (Phi) is 15.7. The summed E-state index contributed by atoms with van der Waals surface area (Å²) in [5, 5.41) is 1.83. The lowest BCUT2D eigenvalue weighted by atomic mass is 9.79. The Balaban J connectivity index is 0.000000224. The number of carbonyl (C=O) groups is 2. The Hall–Kier alpha value is -2.00. The fraction of sp³-hybridized carbons (Fsp3) is 0.714. The molecular weight excluding hydrogens is 749 g/mol. The van der Waals surface area contributed by atoms with Gasteiger partial charge in [0.2, 0.25) is 0 Å². The molecule has 4 bridgehead atoms. The first kappa shape index (κ1) is 44.5. The molecule has 0 aliphatic heterocycles. The molecule has 316 valence electrons. The SMILES string of the molecule is C.C.COc1ccc(Cc2ccc(OC(C)=O)cc2)cc1.CSC1CC2C3CC(OCC4CCC(COC5CC6CC5C5CC(SC(C)=O)CC65)CC4)C(C3)C2C1. The predicted molar refractivity (Wildman–Crippen MR) is 236 cm³/mol. The van der Waals surface area contributed by atoms with Crippen LogP contribution in [0.1, 0.15) is 117 Å². The first-order chi connectivity index (χ1) is 26.7. The molecule has 0 spiro atoms. The molecule has 8 heteroatoms. The van der Waals surface area contributed by atoms with Crippen molar-refractivity contribution in [1.82, 2.24) is 0 Å². The second-order valence-electron chi connectivity index (χ2n) is 18.4. The van der Waals surface area contributed by atoms with Gasteiger partial charge in [-0.15, -0.1) is 0 Å². The van der Waals surface area contributed by atoms with E-state index in [0.29, 0.717) is 28.3 Å². The summed E-state index contributed by atoms with van der Waals surface area (Å²) in [6.07, 6.45) is 20.7. The zero-order valence-electron chi connectivity index (χ0n) is 33.6. The summed E-state index contributed by atoms with van der Waals surface area (Å²) < 4.78 is 23.5. The van der Waals surface area contributed by atoms with E-state index in [4.69, 9.17) is 18.9 Å². The van der Waals surface area contributed by atoms with Gasteiger partial charge in [0, 0.05) is 37.6 Å². The highest BCUT2D eigenvalue weighted by molar-refractivity contribution is 8.14. The third-order valence-corrected chi connectivity index (χ3v) is 17.3. The molecule has 6 nitrogen and oxygen atoms in total. The molecule has 9 rings (SSSR count). The van der Waals surface area contributed by atoms with Gasteiger partial charge in [-0.2, -0.15) is 11.8 Å². The monoisotopic (exact) mass is 820 g/mol. The minimum atomic E-state index is -0.303. The van der Waals surface area contributed by atoms with Gasteiger partial charge in [-0.1, -0.05) is 50.9 Å². The van der Waals surface area contributed by atoms with Gasteiger partial charge in [-0.3, -0.25) is 9.59 Å². The number of esters is 1. The lowest BCUT2D eigenvalue weighted by Crippen LogP contribution is -2.33. The van der Waals surface area contributed by atoms with E-state index in [0.717, 1.165) is 89.8 Å². The molecule has 57 heavy (non-hydrogen) atoms. The van der Waals surface area contributed by atoms with Crippen LogP contribution in [0.2, 0.25) is 0 Å². The van der Waals surface area contributed by atoms with E-state index in [-0.39, 0.29) is 20.8 Å². The largest absolute Gasteiger partial charge is 0.497 e. The summed E-state index contributed by atoms with van der Waals surface area (Å²) in [7, 11) is 1.66. The minimum absolute atomic E-state index is 0. The molecule has 7 fully saturated rings. The van der Waals surface area contributed by atoms with Crippen molar-refractivity contribution >= 4 is 34.6 Å². The van der Waals surface area contributed by atoms with E-state index in [1.54, 1.807) is 37.9 Å². The van der Waals surface area contributed by atoms with E-state index in [2.05, 4.69) is 18.0 Å². The first-order valence-corrected chi connectivity index (χ1v) is 23.7. The van der Waals surface area contributed by atoms with Crippen molar-refractivity contribution in [2.24, 2.45) is 59.2 Å². The molecule has 0 N–H and O–H groups in total. The molecular formula is C49H72O6S2. The van der Waals surface area contributed by atoms with Crippen LogP contribution in [0.3, 0.4) is 0 Å². The Labute approximate surface area is 353 Å². The summed E-state index contributed by atoms with van der Waals surface area (Å²) in [4.78, 5) is 22.4. The fourth-order valence-corrected chi connectivity index (χ4v) is 14.7. The first-order valence-electron chi connectivity index (χ1n) is 21.6. The summed E-state index contributed by atoms with van der Waals surface area (Å²) >= 11 is 3.73. The highest BCUT2D eigenvalue weighted by Gasteiger charge is 2.57. The Morgan fingerprint density at radius 1 is 0.596 bits per heavy atom. The van der Waals surface area contributed by atoms with Crippen LogP contribution in [0.4, 0.5) is 0 Å². The van der Waals surface area contributed by atoms with Gasteiger partial charge in [-0.25, -0.2) is 0 Å². The summed E-state index contributed by atoms with van der Waals surface area (Å²) in [5.41, 5.74) is 2.38. The molecule has 0 saturated heterocycles. The fourth-order valence-electron chi connectivity index (χ4n) is 12.7. The van der Waals surface area contributed by atoms with Gasteiger partial charge in [0.1, 0.15) is 11.5 Å². The van der Waals surface area contributed by atoms with Gasteiger partial charge < -0.3 is 18.9 Å². The number of rotatable bonds is 12. The standard InChI is InChI=1S/C31H48O3S2.C16H16O3.2CH4/c1-17(32)36-23-13-25-21-8-29(27(25)14-23)31(10-21)34-16-19-5-3-18(4-6-19)15-33-30-9-20-7-28(30)26-12-22(35-2)11-24(20)26;1-12(17)19-16-9-5-14(6-10-16)11-13-3-7-15(18-2)8-4-13;;/h18-31H,3-16H2,1-2H3;3-10H,11H2,1-2H3;2*1H4. The Morgan fingerprint density at radius 2 is 1.05 bits per heavy atom. The maximum Gasteiger partial charge on any atom is 0.308 e. The summed E-state index contributed by atoms with van der Waals surface area (Å²) in [6, 6.07) is 15.5. The van der Waals surface area contributed by atoms with Gasteiger partial charge in [0.05, 0.1) is 19.3 Å². The predicted octanol–water partition coefficient (Wildman–Crippen LogP) is 11.6. The highest BCUT2D eigenvalue weighted by atomic mass is 32.2. The molecule has 7 aliphatic carbocycles. The molecule has 7 aliphatic rings. The average molecular weight is 821 g/mol. The van der Waals surface area contributed by atoms with Gasteiger partial charge in [-0.05, 0) is 184 Å². The zero-order chi connectivity index (χ0) is 38.1. The summed E-state index contributed by atoms with van der Waals surface area (Å²) in [6.45, 7) is 5.16. The van der Waals surface area contributed by atoms with Gasteiger partial charge >= 0.3 is 5.97 Å². The maximum atomic E-state index is 11.6. The summed E-state index contributed by atoms with van der Waals surface area (Å²) in [5.74, 6) is 9.99. The van der Waals surface area contributed by atoms with Gasteiger partial charge in [0.15, 0.2) is 5.12 Å². The smallest absolute Gasteiger partial charge is 0.308 e. The molecule has 12 atom stereocenters. The topological polar surface area (TPSA) is 71.1 Å². The van der Waals surface area contributed by atoms with Crippen molar-refractivity contribution in [3.63, 3.8) is 0 Å². The van der Waals surface area contributed by atoms with E-state index < -0.39 is 0 Å². The van der Waals surface area contributed by atoms with Crippen molar-refractivity contribution in [2.45, 2.75) is 135 Å². The van der Waals surface area contributed by atoms with Crippen molar-refractivity contribution in [2.75, 3.05) is 26.6 Å². The molecule has 7 saturated carbocycles. The molecule has 0 amide bonds. The maximum absolute atomic E-state index is 11.6. The zero-order valence-corrected chi connectivity index (χ0v) is 35.2. The van der Waals surface area contributed by atoms with E-state index in [9.17, 15) is 9.59 Å². The molecule has 0 aromatic heterocycles. The molecule has 0 radical (unpaired) electrons. The van der Waals surface area contributed by atoms with Crippen molar-refractivity contribution in [3.05, 3.63) is 59.7 Å². The van der Waals surface area contributed by atoms with Crippen molar-refractivity contribution in [1.29, 1.82) is 0 Å². The van der Waals surface area contributed by atoms with E-state index in [1.165, 1.54) is 95.1 Å². The molecule has 0 heterocycles. The third kappa shape index (κ3) is 10.5. The van der Waals surface area contributed by atoms with E-state index >= 15 is 0 Å². The van der Waals surface area contributed by atoms with Crippen LogP contribution < -0.4 is 9.47 Å². The number of hydrogen-bond acceptors (Lipinski definition) is 8. The Bertz CT molecular complexity index is 1590. The molecule has 12 unspecified atom stereocenters. The van der Waals surface area contributed by atoms with Crippen LogP contribution in [0.15, 0.2) is 48.5 Å². The Morgan fingerprint density at radius 3 is 1.51 bits per heavy atom.